The number of rotatable bonds is 5. The van der Waals surface area contributed by atoms with Gasteiger partial charge in [-0.2, -0.15) is 0 Å². The minimum absolute atomic E-state index is 0.111. The third kappa shape index (κ3) is 5.47. The number of nitrogens with zero attached hydrogens (tertiary/aromatic N) is 5. The molecule has 2 aliphatic heterocycles. The average Bonchev–Trinajstić information content (AvgIpc) is 3.20. The lowest BCUT2D eigenvalue weighted by molar-refractivity contribution is -0.151. The molecule has 1 aromatic heterocycles. The van der Waals surface area contributed by atoms with E-state index in [2.05, 4.69) is 4.90 Å². The number of piperidine rings is 1. The van der Waals surface area contributed by atoms with Gasteiger partial charge in [-0.25, -0.2) is 9.59 Å². The second kappa shape index (κ2) is 11.2. The fourth-order valence-electron chi connectivity index (χ4n) is 5.88. The van der Waals surface area contributed by atoms with E-state index in [1.54, 1.807) is 35.8 Å². The highest BCUT2D eigenvalue weighted by Gasteiger charge is 2.38. The summed E-state index contributed by atoms with van der Waals surface area (Å²) in [5, 5.41) is 0. The summed E-state index contributed by atoms with van der Waals surface area (Å²) in [6.07, 6.45) is 0.0844. The van der Waals surface area contributed by atoms with E-state index in [4.69, 9.17) is 9.47 Å². The third-order valence-electron chi connectivity index (χ3n) is 7.97. The van der Waals surface area contributed by atoms with E-state index in [1.165, 1.54) is 9.47 Å². The molecule has 11 nitrogen and oxygen atoms in total. The number of carbonyl (C=O) groups is 3. The predicted molar refractivity (Wildman–Crippen MR) is 159 cm³/mol. The Hall–Kier alpha value is -4.28. The van der Waals surface area contributed by atoms with E-state index in [1.807, 2.05) is 58.0 Å². The van der Waals surface area contributed by atoms with Crippen LogP contribution in [-0.2, 0) is 27.9 Å². The van der Waals surface area contributed by atoms with Crippen molar-refractivity contribution >= 4 is 34.6 Å². The Balaban J connectivity index is 1.43. The zero-order chi connectivity index (χ0) is 30.3. The molecule has 3 amide bonds. The summed E-state index contributed by atoms with van der Waals surface area (Å²) < 4.78 is 13.9. The number of aryl methyl sites for hydroxylation is 1. The van der Waals surface area contributed by atoms with Crippen LogP contribution in [0.3, 0.4) is 0 Å². The number of anilines is 1. The lowest BCUT2D eigenvalue weighted by Crippen LogP contribution is -2.55. The van der Waals surface area contributed by atoms with Gasteiger partial charge in [0.15, 0.2) is 0 Å². The quantitative estimate of drug-likeness (QED) is 0.426. The Morgan fingerprint density at radius 2 is 1.74 bits per heavy atom. The van der Waals surface area contributed by atoms with Gasteiger partial charge < -0.3 is 19.3 Å². The molecule has 2 aliphatic rings. The molecular weight excluding hydrogens is 538 g/mol. The molecule has 0 radical (unpaired) electrons. The Labute approximate surface area is 245 Å². The minimum Gasteiger partial charge on any atom is -0.497 e. The first kappa shape index (κ1) is 29.2. The summed E-state index contributed by atoms with van der Waals surface area (Å²) in [4.78, 5) is 58.2. The minimum atomic E-state index is -0.796. The number of hydrogen-bond acceptors (Lipinski definition) is 7. The maximum Gasteiger partial charge on any atom is 0.410 e. The maximum atomic E-state index is 13.7. The first-order chi connectivity index (χ1) is 19.9. The zero-order valence-electron chi connectivity index (χ0n) is 25.1. The van der Waals surface area contributed by atoms with Crippen LogP contribution < -0.4 is 15.3 Å². The number of piperazine rings is 1. The van der Waals surface area contributed by atoms with Crippen LogP contribution in [0.5, 0.6) is 5.75 Å². The van der Waals surface area contributed by atoms with Crippen LogP contribution in [0.4, 0.5) is 10.5 Å². The van der Waals surface area contributed by atoms with E-state index in [0.29, 0.717) is 36.4 Å². The highest BCUT2D eigenvalue weighted by atomic mass is 16.6. The van der Waals surface area contributed by atoms with Crippen LogP contribution in [0.25, 0.3) is 11.0 Å². The van der Waals surface area contributed by atoms with Crippen molar-refractivity contribution in [3.8, 4) is 5.75 Å². The predicted octanol–water partition coefficient (Wildman–Crippen LogP) is 3.68. The number of hydrogen-bond donors (Lipinski definition) is 0. The van der Waals surface area contributed by atoms with Crippen LogP contribution in [0.2, 0.25) is 0 Å². The number of imidazole rings is 1. The van der Waals surface area contributed by atoms with Gasteiger partial charge in [0.05, 0.1) is 30.4 Å². The largest absolute Gasteiger partial charge is 0.497 e. The molecule has 0 saturated carbocycles. The molecule has 224 valence electrons. The highest BCUT2D eigenvalue weighted by molar-refractivity contribution is 6.00. The molecule has 42 heavy (non-hydrogen) atoms. The van der Waals surface area contributed by atoms with E-state index < -0.39 is 11.6 Å². The molecule has 0 spiro atoms. The summed E-state index contributed by atoms with van der Waals surface area (Å²) in [5.74, 6) is 0.0474. The van der Waals surface area contributed by atoms with Gasteiger partial charge in [-0.3, -0.25) is 23.6 Å². The number of carbonyl (C=O) groups excluding carboxylic acids is 3. The van der Waals surface area contributed by atoms with Gasteiger partial charge in [-0.05, 0) is 63.9 Å². The molecule has 0 N–H and O–H groups in total. The number of amides is 3. The second-order valence-electron chi connectivity index (χ2n) is 12.0. The van der Waals surface area contributed by atoms with E-state index in [-0.39, 0.29) is 49.0 Å². The molecule has 11 heteroatoms. The van der Waals surface area contributed by atoms with Gasteiger partial charge in [0.2, 0.25) is 5.91 Å². The van der Waals surface area contributed by atoms with E-state index in [0.717, 1.165) is 11.3 Å². The third-order valence-corrected chi connectivity index (χ3v) is 7.97. The second-order valence-corrected chi connectivity index (χ2v) is 12.0. The Bertz CT molecular complexity index is 1570. The standard InChI is InChI=1S/C31H39N5O6/c1-20-18-33(16-17-34(20)30(40)42-31(2,3)4)23-8-7-9-24-27(23)32(5)29(39)36(24)25-14-15-26(37)35(28(25)38)19-21-10-12-22(41-6)13-11-21/h7-13,20,25H,14-19H2,1-6H3/t20-,25?/m0/s1. The number of methoxy groups -OCH3 is 1. The summed E-state index contributed by atoms with van der Waals surface area (Å²) in [7, 11) is 3.29. The molecule has 2 aromatic carbocycles. The SMILES string of the molecule is COc1ccc(CN2C(=O)CCC(n3c(=O)n(C)c4c(N5CCN(C(=O)OC(C)(C)C)[C@@H](C)C5)cccc43)C2=O)cc1. The zero-order valence-corrected chi connectivity index (χ0v) is 25.1. The number of likely N-dealkylation sites (tertiary alicyclic amines) is 1. The summed E-state index contributed by atoms with van der Waals surface area (Å²) >= 11 is 0. The van der Waals surface area contributed by atoms with E-state index in [9.17, 15) is 19.2 Å². The number of ether oxygens (including phenoxy) is 2. The number of para-hydroxylation sites is 1. The molecule has 1 unspecified atom stereocenters. The van der Waals surface area contributed by atoms with Crippen LogP contribution in [-0.4, -0.2) is 75.2 Å². The number of benzene rings is 2. The van der Waals surface area contributed by atoms with Crippen molar-refractivity contribution in [1.29, 1.82) is 0 Å². The van der Waals surface area contributed by atoms with Gasteiger partial charge in [-0.1, -0.05) is 18.2 Å². The monoisotopic (exact) mass is 577 g/mol. The van der Waals surface area contributed by atoms with Gasteiger partial charge >= 0.3 is 11.8 Å². The Kier molecular flexibility index (Phi) is 7.78. The van der Waals surface area contributed by atoms with Crippen molar-refractivity contribution in [2.75, 3.05) is 31.6 Å². The lowest BCUT2D eigenvalue weighted by Gasteiger charge is -2.41. The molecule has 0 aliphatic carbocycles. The van der Waals surface area contributed by atoms with Crippen molar-refractivity contribution in [3.63, 3.8) is 0 Å². The van der Waals surface area contributed by atoms with Crippen LogP contribution >= 0.6 is 0 Å². The van der Waals surface area contributed by atoms with Gasteiger partial charge in [-0.15, -0.1) is 0 Å². The van der Waals surface area contributed by atoms with Crippen molar-refractivity contribution in [3.05, 3.63) is 58.5 Å². The Morgan fingerprint density at radius 1 is 1.02 bits per heavy atom. The van der Waals surface area contributed by atoms with Crippen LogP contribution in [0.15, 0.2) is 47.3 Å². The van der Waals surface area contributed by atoms with Gasteiger partial charge in [0.25, 0.3) is 5.91 Å². The van der Waals surface area contributed by atoms with Gasteiger partial charge in [0.1, 0.15) is 17.4 Å². The van der Waals surface area contributed by atoms with Crippen LogP contribution in [0, 0.1) is 0 Å². The van der Waals surface area contributed by atoms with Crippen molar-refractivity contribution < 1.29 is 23.9 Å². The molecule has 0 bridgehead atoms. The summed E-state index contributed by atoms with van der Waals surface area (Å²) in [6, 6.07) is 12.0. The maximum absolute atomic E-state index is 13.7. The van der Waals surface area contributed by atoms with Gasteiger partial charge in [0, 0.05) is 39.1 Å². The number of fused-ring (bicyclic) bond motifs is 1. The average molecular weight is 578 g/mol. The summed E-state index contributed by atoms with van der Waals surface area (Å²) in [6.45, 7) is 9.26. The molecule has 3 heterocycles. The molecular formula is C31H39N5O6. The van der Waals surface area contributed by atoms with Crippen molar-refractivity contribution in [2.24, 2.45) is 7.05 Å². The Morgan fingerprint density at radius 3 is 2.38 bits per heavy atom. The van der Waals surface area contributed by atoms with Crippen molar-refractivity contribution in [2.45, 2.75) is 64.8 Å². The van der Waals surface area contributed by atoms with Crippen molar-refractivity contribution in [1.82, 2.24) is 18.9 Å². The molecule has 5 rings (SSSR count). The fourth-order valence-corrected chi connectivity index (χ4v) is 5.88. The lowest BCUT2D eigenvalue weighted by atomic mass is 10.0. The normalized spacial score (nSPS) is 19.9. The first-order valence-electron chi connectivity index (χ1n) is 14.3. The number of aromatic nitrogens is 2. The molecule has 2 saturated heterocycles. The first-order valence-corrected chi connectivity index (χ1v) is 14.3. The molecule has 2 atom stereocenters. The topological polar surface area (TPSA) is 106 Å². The molecule has 3 aromatic rings. The fraction of sp³-hybridized carbons (Fsp3) is 0.484. The van der Waals surface area contributed by atoms with E-state index >= 15 is 0 Å². The smallest absolute Gasteiger partial charge is 0.410 e. The summed E-state index contributed by atoms with van der Waals surface area (Å²) in [5.41, 5.74) is 2.12. The highest BCUT2D eigenvalue weighted by Crippen LogP contribution is 2.33. The number of imide groups is 1. The molecule has 2 fully saturated rings. The van der Waals surface area contributed by atoms with Crippen LogP contribution in [0.1, 0.15) is 52.1 Å².